The first-order valence-corrected chi connectivity index (χ1v) is 11.9. The van der Waals surface area contributed by atoms with Crippen LogP contribution in [0.4, 0.5) is 0 Å². The molecule has 8 heteroatoms. The quantitative estimate of drug-likeness (QED) is 0.346. The molecule has 0 radical (unpaired) electrons. The van der Waals surface area contributed by atoms with Crippen molar-refractivity contribution in [3.05, 3.63) is 35.9 Å². The number of aliphatic carboxylic acids is 1. The van der Waals surface area contributed by atoms with Crippen LogP contribution in [0.3, 0.4) is 0 Å². The van der Waals surface area contributed by atoms with E-state index in [1.807, 2.05) is 21.1 Å². The molecule has 0 aromatic heterocycles. The van der Waals surface area contributed by atoms with E-state index in [2.05, 4.69) is 11.6 Å². The number of nitrogens with one attached hydrogen (secondary N) is 1. The van der Waals surface area contributed by atoms with E-state index >= 15 is 0 Å². The Morgan fingerprint density at radius 1 is 1.10 bits per heavy atom. The van der Waals surface area contributed by atoms with Crippen LogP contribution in [0.15, 0.2) is 30.3 Å². The van der Waals surface area contributed by atoms with Gasteiger partial charge in [-0.3, -0.25) is 0 Å². The second kappa shape index (κ2) is 11.1. The normalized spacial score (nSPS) is 15.6. The Morgan fingerprint density at radius 3 is 2.14 bits per heavy atom. The van der Waals surface area contributed by atoms with E-state index in [1.165, 1.54) is 6.42 Å². The number of carbonyl (C=O) groups is 1. The van der Waals surface area contributed by atoms with E-state index in [4.69, 9.17) is 5.14 Å². The Labute approximate surface area is 176 Å². The highest BCUT2D eigenvalue weighted by molar-refractivity contribution is 7.87. The number of nitrogens with zero attached hydrogens (tertiary/aromatic N) is 1. The third-order valence-electron chi connectivity index (χ3n) is 5.14. The molecule has 0 saturated carbocycles. The lowest BCUT2D eigenvalue weighted by Gasteiger charge is -2.44. The van der Waals surface area contributed by atoms with Crippen LogP contribution >= 0.6 is 0 Å². The summed E-state index contributed by atoms with van der Waals surface area (Å²) < 4.78 is 26.8. The highest BCUT2D eigenvalue weighted by Crippen LogP contribution is 2.35. The zero-order valence-electron chi connectivity index (χ0n) is 18.2. The van der Waals surface area contributed by atoms with Gasteiger partial charge in [0.15, 0.2) is 0 Å². The Hall–Kier alpha value is -1.48. The number of nitrogens with two attached hydrogens (primary N) is 1. The smallest absolute Gasteiger partial charge is 0.275 e. The lowest BCUT2D eigenvalue weighted by atomic mass is 9.75. The van der Waals surface area contributed by atoms with E-state index in [0.29, 0.717) is 23.0 Å². The fourth-order valence-electron chi connectivity index (χ4n) is 3.91. The van der Waals surface area contributed by atoms with E-state index < -0.39 is 27.6 Å². The topological polar surface area (TPSA) is 112 Å². The number of carboxylic acid groups (broad SMARTS) is 1. The summed E-state index contributed by atoms with van der Waals surface area (Å²) >= 11 is 0. The number of hydrogen-bond donors (Lipinski definition) is 2. The minimum atomic E-state index is -4.30. The van der Waals surface area contributed by atoms with Gasteiger partial charge in [0.1, 0.15) is 5.54 Å². The first-order chi connectivity index (χ1) is 13.4. The van der Waals surface area contributed by atoms with Crippen LogP contribution < -0.4 is 15.0 Å². The molecule has 0 aliphatic heterocycles. The van der Waals surface area contributed by atoms with Gasteiger partial charge < -0.3 is 14.4 Å². The van der Waals surface area contributed by atoms with Crippen molar-refractivity contribution in [2.75, 3.05) is 27.7 Å². The molecule has 0 saturated heterocycles. The first kappa shape index (κ1) is 25.6. The molecular formula is C21H37N3O4S. The van der Waals surface area contributed by atoms with Gasteiger partial charge in [-0.05, 0) is 12.0 Å². The van der Waals surface area contributed by atoms with Gasteiger partial charge >= 0.3 is 0 Å². The predicted octanol–water partition coefficient (Wildman–Crippen LogP) is 1.50. The van der Waals surface area contributed by atoms with E-state index in [9.17, 15) is 18.3 Å². The van der Waals surface area contributed by atoms with Crippen molar-refractivity contribution in [3.8, 4) is 0 Å². The number of unbranched alkanes of at least 4 members (excludes halogenated alkanes) is 5. The van der Waals surface area contributed by atoms with Gasteiger partial charge in [0.2, 0.25) is 0 Å². The van der Waals surface area contributed by atoms with Crippen LogP contribution in [-0.4, -0.2) is 46.6 Å². The van der Waals surface area contributed by atoms with Crippen molar-refractivity contribution in [2.24, 2.45) is 11.1 Å². The molecule has 2 unspecified atom stereocenters. The minimum absolute atomic E-state index is 0.332. The van der Waals surface area contributed by atoms with Gasteiger partial charge in [-0.25, -0.2) is 5.14 Å². The van der Waals surface area contributed by atoms with Gasteiger partial charge in [-0.1, -0.05) is 75.8 Å². The minimum Gasteiger partial charge on any atom is -0.548 e. The molecule has 0 amide bonds. The van der Waals surface area contributed by atoms with Crippen LogP contribution in [0, 0.1) is 5.92 Å². The molecular weight excluding hydrogens is 390 g/mol. The number of carboxylic acids is 1. The van der Waals surface area contributed by atoms with Crippen molar-refractivity contribution < 1.29 is 22.8 Å². The zero-order chi connectivity index (χ0) is 22.1. The third kappa shape index (κ3) is 8.42. The van der Waals surface area contributed by atoms with Gasteiger partial charge in [-0.2, -0.15) is 13.1 Å². The predicted molar refractivity (Wildman–Crippen MR) is 114 cm³/mol. The van der Waals surface area contributed by atoms with Gasteiger partial charge in [-0.15, -0.1) is 0 Å². The van der Waals surface area contributed by atoms with Gasteiger partial charge in [0.25, 0.3) is 10.2 Å². The summed E-state index contributed by atoms with van der Waals surface area (Å²) in [5.41, 5.74) is -1.59. The van der Waals surface area contributed by atoms with E-state index in [-0.39, 0.29) is 0 Å². The van der Waals surface area contributed by atoms with Crippen LogP contribution in [0.2, 0.25) is 0 Å². The van der Waals surface area contributed by atoms with Gasteiger partial charge in [0.05, 0.1) is 33.7 Å². The van der Waals surface area contributed by atoms with Gasteiger partial charge in [0, 0.05) is 5.92 Å². The Kier molecular flexibility index (Phi) is 9.75. The summed E-state index contributed by atoms with van der Waals surface area (Å²) in [6, 6.07) is 8.34. The number of quaternary nitrogens is 1. The molecule has 166 valence electrons. The molecule has 0 bridgehead atoms. The maximum absolute atomic E-state index is 12.5. The molecule has 0 aliphatic rings. The largest absolute Gasteiger partial charge is 0.548 e. The Morgan fingerprint density at radius 2 is 1.66 bits per heavy atom. The molecule has 1 aromatic rings. The summed E-state index contributed by atoms with van der Waals surface area (Å²) in [5.74, 6) is -2.01. The summed E-state index contributed by atoms with van der Waals surface area (Å²) in [6.07, 6.45) is 6.90. The highest BCUT2D eigenvalue weighted by Gasteiger charge is 2.46. The second-order valence-electron chi connectivity index (χ2n) is 8.83. The van der Waals surface area contributed by atoms with Crippen LogP contribution in [0.5, 0.6) is 0 Å². The average Bonchev–Trinajstić information content (AvgIpc) is 2.60. The van der Waals surface area contributed by atoms with Crippen molar-refractivity contribution >= 4 is 16.2 Å². The maximum atomic E-state index is 12.5. The van der Waals surface area contributed by atoms with Crippen molar-refractivity contribution in [3.63, 3.8) is 0 Å². The molecule has 2 atom stereocenters. The number of carbonyl (C=O) groups excluding carboxylic acids is 1. The van der Waals surface area contributed by atoms with E-state index in [0.717, 1.165) is 32.1 Å². The number of hydrogen-bond acceptors (Lipinski definition) is 4. The van der Waals surface area contributed by atoms with E-state index in [1.54, 1.807) is 30.3 Å². The van der Waals surface area contributed by atoms with Crippen molar-refractivity contribution in [2.45, 2.75) is 57.4 Å². The van der Waals surface area contributed by atoms with Crippen LogP contribution in [-0.2, 0) is 20.5 Å². The Balaban J connectivity index is 3.32. The molecule has 1 rings (SSSR count). The standard InChI is InChI=1S/C21H37N3O4S/c1-5-6-7-8-9-11-16-19(17-24(2,3)4)21(20(25)26,23-29(22,27)28)18-14-12-10-13-15-18/h10,12-15,19,23H,5-9,11,16-17H2,1-4H3,(H2-,22,25,26,27,28). The third-order valence-corrected chi connectivity index (χ3v) is 5.75. The maximum Gasteiger partial charge on any atom is 0.275 e. The zero-order valence-corrected chi connectivity index (χ0v) is 19.0. The first-order valence-electron chi connectivity index (χ1n) is 10.3. The number of rotatable bonds is 14. The Bertz CT molecular complexity index is 732. The molecule has 1 aromatic carbocycles. The highest BCUT2D eigenvalue weighted by atomic mass is 32.2. The summed E-state index contributed by atoms with van der Waals surface area (Å²) in [5, 5.41) is 17.8. The lowest BCUT2D eigenvalue weighted by molar-refractivity contribution is -0.874. The molecule has 0 heterocycles. The summed E-state index contributed by atoms with van der Waals surface area (Å²) in [6.45, 7) is 2.60. The summed E-state index contributed by atoms with van der Waals surface area (Å²) in [4.78, 5) is 12.5. The van der Waals surface area contributed by atoms with Crippen molar-refractivity contribution in [1.82, 2.24) is 4.72 Å². The van der Waals surface area contributed by atoms with Crippen molar-refractivity contribution in [1.29, 1.82) is 0 Å². The fourth-order valence-corrected chi connectivity index (χ4v) is 4.72. The van der Waals surface area contributed by atoms with Crippen LogP contribution in [0.25, 0.3) is 0 Å². The summed E-state index contributed by atoms with van der Waals surface area (Å²) in [7, 11) is 1.57. The molecule has 3 N–H and O–H groups in total. The average molecular weight is 428 g/mol. The molecule has 7 nitrogen and oxygen atoms in total. The second-order valence-corrected chi connectivity index (χ2v) is 10.1. The monoisotopic (exact) mass is 427 g/mol. The molecule has 0 aliphatic carbocycles. The number of benzene rings is 1. The lowest BCUT2D eigenvalue weighted by Crippen LogP contribution is -2.65. The molecule has 0 fully saturated rings. The van der Waals surface area contributed by atoms with Crippen LogP contribution in [0.1, 0.15) is 57.4 Å². The molecule has 0 spiro atoms. The fraction of sp³-hybridized carbons (Fsp3) is 0.667. The SMILES string of the molecule is CCCCCCCCC(C[N+](C)(C)C)C(NS(N)(=O)=O)(C(=O)[O-])c1ccccc1. The molecule has 29 heavy (non-hydrogen) atoms.